The number of rotatable bonds is 4. The first kappa shape index (κ1) is 14.8. The molecule has 1 aliphatic heterocycles. The summed E-state index contributed by atoms with van der Waals surface area (Å²) in [5.41, 5.74) is 5.74. The zero-order valence-electron chi connectivity index (χ0n) is 12.8. The van der Waals surface area contributed by atoms with Gasteiger partial charge in [0, 0.05) is 18.0 Å². The summed E-state index contributed by atoms with van der Waals surface area (Å²) in [4.78, 5) is 15.2. The number of amides is 1. The van der Waals surface area contributed by atoms with Gasteiger partial charge >= 0.3 is 0 Å². The third-order valence-electron chi connectivity index (χ3n) is 5.07. The Kier molecular flexibility index (Phi) is 4.54. The largest absolute Gasteiger partial charge is 0.339 e. The van der Waals surface area contributed by atoms with E-state index in [4.69, 9.17) is 5.73 Å². The fraction of sp³-hybridized carbons (Fsp3) is 0.938. The topological polar surface area (TPSA) is 46.3 Å². The summed E-state index contributed by atoms with van der Waals surface area (Å²) in [6.45, 7) is 8.26. The molecule has 0 spiro atoms. The molecule has 0 aromatic rings. The molecule has 1 heterocycles. The van der Waals surface area contributed by atoms with Crippen molar-refractivity contribution in [1.82, 2.24) is 4.90 Å². The number of carbonyl (C=O) groups excluding carboxylic acids is 1. The van der Waals surface area contributed by atoms with Crippen LogP contribution in [0.3, 0.4) is 0 Å². The summed E-state index contributed by atoms with van der Waals surface area (Å²) in [6, 6.07) is 0.380. The van der Waals surface area contributed by atoms with Gasteiger partial charge in [-0.05, 0) is 51.0 Å². The molecule has 0 bridgehead atoms. The Balaban J connectivity index is 2.12. The van der Waals surface area contributed by atoms with E-state index in [0.717, 1.165) is 32.2 Å². The first-order chi connectivity index (χ1) is 8.98. The lowest BCUT2D eigenvalue weighted by Gasteiger charge is -2.35. The van der Waals surface area contributed by atoms with E-state index in [1.165, 1.54) is 12.8 Å². The maximum atomic E-state index is 13.1. The Bertz CT molecular complexity index is 321. The van der Waals surface area contributed by atoms with Crippen LogP contribution in [-0.4, -0.2) is 29.9 Å². The predicted molar refractivity (Wildman–Crippen MR) is 78.7 cm³/mol. The minimum atomic E-state index is -0.0497. The predicted octanol–water partition coefficient (Wildman–Crippen LogP) is 2.79. The second-order valence-corrected chi connectivity index (χ2v) is 7.23. The van der Waals surface area contributed by atoms with Crippen LogP contribution in [0.1, 0.15) is 59.3 Å². The number of hydrogen-bond acceptors (Lipinski definition) is 2. The Morgan fingerprint density at radius 1 is 1.37 bits per heavy atom. The summed E-state index contributed by atoms with van der Waals surface area (Å²) < 4.78 is 0. The molecular weight excluding hydrogens is 236 g/mol. The lowest BCUT2D eigenvalue weighted by molar-refractivity contribution is -0.143. The molecule has 2 fully saturated rings. The van der Waals surface area contributed by atoms with Crippen LogP contribution < -0.4 is 5.73 Å². The summed E-state index contributed by atoms with van der Waals surface area (Å²) in [6.07, 6.45) is 6.78. The van der Waals surface area contributed by atoms with Crippen LogP contribution >= 0.6 is 0 Å². The van der Waals surface area contributed by atoms with Gasteiger partial charge in [0.25, 0.3) is 0 Å². The molecule has 0 radical (unpaired) electrons. The van der Waals surface area contributed by atoms with E-state index in [-0.39, 0.29) is 5.41 Å². The van der Waals surface area contributed by atoms with Crippen molar-refractivity contribution in [2.24, 2.45) is 23.0 Å². The lowest BCUT2D eigenvalue weighted by Crippen LogP contribution is -2.45. The minimum Gasteiger partial charge on any atom is -0.339 e. The van der Waals surface area contributed by atoms with Crippen LogP contribution in [0.2, 0.25) is 0 Å². The van der Waals surface area contributed by atoms with Gasteiger partial charge in [-0.25, -0.2) is 0 Å². The molecule has 1 aliphatic carbocycles. The Labute approximate surface area is 117 Å². The fourth-order valence-electron chi connectivity index (χ4n) is 4.24. The van der Waals surface area contributed by atoms with E-state index < -0.39 is 0 Å². The van der Waals surface area contributed by atoms with Gasteiger partial charge in [0.05, 0.1) is 0 Å². The van der Waals surface area contributed by atoms with E-state index in [1.807, 2.05) is 0 Å². The molecule has 2 aliphatic rings. The van der Waals surface area contributed by atoms with Crippen LogP contribution in [0.25, 0.3) is 0 Å². The molecule has 1 saturated carbocycles. The van der Waals surface area contributed by atoms with Crippen LogP contribution in [0.4, 0.5) is 0 Å². The second kappa shape index (κ2) is 5.82. The zero-order valence-corrected chi connectivity index (χ0v) is 12.8. The fourth-order valence-corrected chi connectivity index (χ4v) is 4.24. The monoisotopic (exact) mass is 266 g/mol. The van der Waals surface area contributed by atoms with Crippen molar-refractivity contribution >= 4 is 5.91 Å². The lowest BCUT2D eigenvalue weighted by atomic mass is 9.77. The van der Waals surface area contributed by atoms with Gasteiger partial charge in [0.1, 0.15) is 0 Å². The van der Waals surface area contributed by atoms with E-state index in [2.05, 4.69) is 25.7 Å². The molecule has 3 nitrogen and oxygen atoms in total. The number of nitrogens with zero attached hydrogens (tertiary/aromatic N) is 1. The second-order valence-electron chi connectivity index (χ2n) is 7.23. The highest BCUT2D eigenvalue weighted by atomic mass is 16.2. The molecule has 0 aromatic carbocycles. The van der Waals surface area contributed by atoms with Gasteiger partial charge in [-0.15, -0.1) is 0 Å². The van der Waals surface area contributed by atoms with E-state index in [1.54, 1.807) is 0 Å². The van der Waals surface area contributed by atoms with Crippen LogP contribution in [-0.2, 0) is 4.79 Å². The molecular formula is C16H30N2O. The number of nitrogens with two attached hydrogens (primary N) is 1. The van der Waals surface area contributed by atoms with Gasteiger partial charge in [0.15, 0.2) is 0 Å². The quantitative estimate of drug-likeness (QED) is 0.850. The van der Waals surface area contributed by atoms with E-state index >= 15 is 0 Å². The molecule has 2 rings (SSSR count). The van der Waals surface area contributed by atoms with Crippen LogP contribution in [0.5, 0.6) is 0 Å². The number of hydrogen-bond donors (Lipinski definition) is 1. The third kappa shape index (κ3) is 2.96. The summed E-state index contributed by atoms with van der Waals surface area (Å²) in [7, 11) is 0. The van der Waals surface area contributed by atoms with Gasteiger partial charge in [-0.3, -0.25) is 4.79 Å². The highest BCUT2D eigenvalue weighted by Gasteiger charge is 2.46. The first-order valence-corrected chi connectivity index (χ1v) is 7.99. The summed E-state index contributed by atoms with van der Waals surface area (Å²) >= 11 is 0. The summed E-state index contributed by atoms with van der Waals surface area (Å²) in [5, 5.41) is 0. The highest BCUT2D eigenvalue weighted by molar-refractivity contribution is 5.83. The molecule has 1 saturated heterocycles. The van der Waals surface area contributed by atoms with Crippen LogP contribution in [0.15, 0.2) is 0 Å². The highest BCUT2D eigenvalue weighted by Crippen LogP contribution is 2.45. The molecule has 0 aromatic heterocycles. The van der Waals surface area contributed by atoms with Crippen molar-refractivity contribution in [3.05, 3.63) is 0 Å². The van der Waals surface area contributed by atoms with Gasteiger partial charge in [-0.1, -0.05) is 26.7 Å². The normalized spacial score (nSPS) is 30.3. The van der Waals surface area contributed by atoms with Crippen molar-refractivity contribution in [2.75, 3.05) is 13.1 Å². The van der Waals surface area contributed by atoms with E-state index in [0.29, 0.717) is 30.3 Å². The minimum absolute atomic E-state index is 0.0497. The molecule has 110 valence electrons. The maximum Gasteiger partial charge on any atom is 0.229 e. The van der Waals surface area contributed by atoms with Gasteiger partial charge in [-0.2, -0.15) is 0 Å². The standard InChI is InChI=1S/C16H30N2O/c1-12(2)9-16(6-4-5-7-16)15(19)18-11-14(10-17)8-13(18)3/h12-14H,4-11,17H2,1-3H3. The van der Waals surface area contributed by atoms with Crippen molar-refractivity contribution < 1.29 is 4.79 Å². The SMILES string of the molecule is CC(C)CC1(C(=O)N2CC(CN)CC2C)CCCC1. The Morgan fingerprint density at radius 2 is 2.00 bits per heavy atom. The average molecular weight is 266 g/mol. The molecule has 1 amide bonds. The van der Waals surface area contributed by atoms with E-state index in [9.17, 15) is 4.79 Å². The van der Waals surface area contributed by atoms with Crippen molar-refractivity contribution in [2.45, 2.75) is 65.3 Å². The molecule has 2 unspecified atom stereocenters. The van der Waals surface area contributed by atoms with Gasteiger partial charge in [0.2, 0.25) is 5.91 Å². The maximum absolute atomic E-state index is 13.1. The Hall–Kier alpha value is -0.570. The summed E-state index contributed by atoms with van der Waals surface area (Å²) in [5.74, 6) is 1.55. The average Bonchev–Trinajstić information content (AvgIpc) is 2.95. The zero-order chi connectivity index (χ0) is 14.0. The smallest absolute Gasteiger partial charge is 0.229 e. The molecule has 2 atom stereocenters. The van der Waals surface area contributed by atoms with Crippen molar-refractivity contribution in [3.63, 3.8) is 0 Å². The van der Waals surface area contributed by atoms with Crippen molar-refractivity contribution in [1.29, 1.82) is 0 Å². The first-order valence-electron chi connectivity index (χ1n) is 7.99. The molecule has 3 heteroatoms. The number of carbonyl (C=O) groups is 1. The van der Waals surface area contributed by atoms with Gasteiger partial charge < -0.3 is 10.6 Å². The third-order valence-corrected chi connectivity index (χ3v) is 5.07. The Morgan fingerprint density at radius 3 is 2.47 bits per heavy atom. The number of likely N-dealkylation sites (tertiary alicyclic amines) is 1. The van der Waals surface area contributed by atoms with Crippen LogP contribution in [0, 0.1) is 17.3 Å². The molecule has 19 heavy (non-hydrogen) atoms. The van der Waals surface area contributed by atoms with Crippen molar-refractivity contribution in [3.8, 4) is 0 Å². The molecule has 2 N–H and O–H groups in total.